The molecule has 9 rings (SSSR count). The number of benzene rings is 3. The van der Waals surface area contributed by atoms with E-state index in [1.165, 1.54) is 52.2 Å². The quantitative estimate of drug-likeness (QED) is 0.0772. The van der Waals surface area contributed by atoms with Gasteiger partial charge in [-0.25, -0.2) is 0 Å². The van der Waals surface area contributed by atoms with Crippen molar-refractivity contribution in [1.82, 2.24) is 9.80 Å². The molecule has 4 fully saturated rings. The normalized spacial score (nSPS) is 25.5. The number of rotatable bonds is 12. The van der Waals surface area contributed by atoms with E-state index in [1.54, 1.807) is 102 Å². The van der Waals surface area contributed by atoms with Gasteiger partial charge in [0.2, 0.25) is 0 Å². The van der Waals surface area contributed by atoms with E-state index in [4.69, 9.17) is 19.4 Å². The first-order valence-corrected chi connectivity index (χ1v) is 35.5. The zero-order chi connectivity index (χ0) is 49.6. The molecule has 3 aromatic carbocycles. The Bertz CT molecular complexity index is 2070. The zero-order valence-electron chi connectivity index (χ0n) is 44.7. The molecule has 0 amide bonds. The van der Waals surface area contributed by atoms with Crippen LogP contribution in [0.25, 0.3) is 0 Å². The van der Waals surface area contributed by atoms with Gasteiger partial charge in [-0.1, -0.05) is 153 Å². The van der Waals surface area contributed by atoms with Crippen molar-refractivity contribution in [2.75, 3.05) is 0 Å². The Hall–Kier alpha value is -1.86. The second-order valence-corrected chi connectivity index (χ2v) is 32.4. The van der Waals surface area contributed by atoms with E-state index in [0.717, 1.165) is 12.0 Å². The van der Waals surface area contributed by atoms with Gasteiger partial charge in [0, 0.05) is 32.0 Å². The third-order valence-electron chi connectivity index (χ3n) is 17.3. The van der Waals surface area contributed by atoms with E-state index >= 15 is 0 Å². The van der Waals surface area contributed by atoms with Crippen molar-refractivity contribution in [1.29, 1.82) is 0 Å². The van der Waals surface area contributed by atoms with E-state index in [2.05, 4.69) is 151 Å². The monoisotopic (exact) mass is 1090 g/mol. The van der Waals surface area contributed by atoms with Crippen molar-refractivity contribution in [2.45, 2.75) is 206 Å². The second-order valence-electron chi connectivity index (χ2n) is 23.3. The fraction of sp³-hybridized carbons (Fsp3) is 0.594. The fourth-order valence-electron chi connectivity index (χ4n) is 13.4. The molecular formula is C64H93Cl2N2PRu. The molecule has 1 saturated heterocycles. The predicted octanol–water partition coefficient (Wildman–Crippen LogP) is 19.3. The second kappa shape index (κ2) is 28.2. The van der Waals surface area contributed by atoms with Crippen molar-refractivity contribution in [3.8, 4) is 0 Å². The minimum absolute atomic E-state index is 0.0465. The van der Waals surface area contributed by atoms with Crippen LogP contribution in [0.2, 0.25) is 0 Å². The molecule has 0 bridgehead atoms. The van der Waals surface area contributed by atoms with Gasteiger partial charge in [-0.2, -0.15) is 6.67 Å². The molecule has 3 saturated carbocycles. The molecule has 1 aliphatic heterocycles. The fourth-order valence-corrected chi connectivity index (χ4v) is 20.5. The van der Waals surface area contributed by atoms with Gasteiger partial charge in [0.25, 0.3) is 0 Å². The molecule has 2 nitrogen and oxygen atoms in total. The summed E-state index contributed by atoms with van der Waals surface area (Å²) in [6.07, 6.45) is 35.0. The summed E-state index contributed by atoms with van der Waals surface area (Å²) in [5.74, 6) is 3.54. The Labute approximate surface area is 443 Å². The first kappa shape index (κ1) is 55.9. The Balaban J connectivity index is 0.000000202. The number of halogens is 2. The third kappa shape index (κ3) is 15.1. The van der Waals surface area contributed by atoms with Crippen LogP contribution >= 0.6 is 27.3 Å². The summed E-state index contributed by atoms with van der Waals surface area (Å²) in [6, 6.07) is 33.4. The van der Waals surface area contributed by atoms with Gasteiger partial charge < -0.3 is 9.80 Å². The molecule has 0 aromatic heterocycles. The predicted molar refractivity (Wildman–Crippen MR) is 307 cm³/mol. The molecule has 6 aliphatic rings. The van der Waals surface area contributed by atoms with Crippen LogP contribution in [0.5, 0.6) is 0 Å². The summed E-state index contributed by atoms with van der Waals surface area (Å²) in [7, 11) is 11.3. The maximum atomic E-state index is 5.67. The maximum absolute atomic E-state index is 5.67. The zero-order valence-corrected chi connectivity index (χ0v) is 49.0. The molecular weight excluding hydrogens is 1000 g/mol. The molecule has 3 aromatic rings. The number of allylic oxidation sites excluding steroid dienone is 5. The van der Waals surface area contributed by atoms with Gasteiger partial charge in [-0.15, -0.1) is 0 Å². The molecule has 0 radical (unpaired) electrons. The Morgan fingerprint density at radius 2 is 1.06 bits per heavy atom. The average molecular weight is 1090 g/mol. The Morgan fingerprint density at radius 1 is 0.571 bits per heavy atom. The molecule has 6 heteroatoms. The van der Waals surface area contributed by atoms with Crippen molar-refractivity contribution < 1.29 is 13.5 Å². The van der Waals surface area contributed by atoms with Gasteiger partial charge in [0.05, 0.1) is 17.0 Å². The van der Waals surface area contributed by atoms with Crippen LogP contribution in [-0.4, -0.2) is 37.4 Å². The van der Waals surface area contributed by atoms with Gasteiger partial charge >= 0.3 is 73.4 Å². The summed E-state index contributed by atoms with van der Waals surface area (Å²) in [5, 5.41) is 0. The van der Waals surface area contributed by atoms with Crippen LogP contribution in [0, 0.1) is 42.2 Å². The molecule has 1 heterocycles. The van der Waals surface area contributed by atoms with Crippen molar-refractivity contribution in [3.05, 3.63) is 149 Å². The molecule has 2 unspecified atom stereocenters. The van der Waals surface area contributed by atoms with Crippen LogP contribution < -0.4 is 0 Å². The van der Waals surface area contributed by atoms with Gasteiger partial charge in [-0.3, -0.25) is 0 Å². The van der Waals surface area contributed by atoms with Crippen molar-refractivity contribution >= 4 is 31.9 Å². The summed E-state index contributed by atoms with van der Waals surface area (Å²) in [5.41, 5.74) is 12.2. The van der Waals surface area contributed by atoms with Gasteiger partial charge in [0.15, 0.2) is 0 Å². The summed E-state index contributed by atoms with van der Waals surface area (Å²) in [6.45, 7) is 21.7. The SMILES string of the molecule is C1CCC([PH+](C2CCCCC2)C2CCCCC2)CC1.CC(C)C1=CCC(C(C)C)C(N2[CH-]N([C@@H]3CC(C(C)C)CC=C3C(C)C)[C@H](c3ccccc3)[C@H]2c2ccccc2)=C1.[Cl][Ru]([Cl])=[CH]c1ccccc1. The summed E-state index contributed by atoms with van der Waals surface area (Å²) >= 11 is -1.61. The van der Waals surface area contributed by atoms with Crippen LogP contribution in [0.4, 0.5) is 0 Å². The first-order chi connectivity index (χ1) is 33.9. The Morgan fingerprint density at radius 3 is 1.50 bits per heavy atom. The van der Waals surface area contributed by atoms with Crippen LogP contribution in [0.1, 0.15) is 200 Å². The molecule has 0 N–H and O–H groups in total. The van der Waals surface area contributed by atoms with Crippen LogP contribution in [-0.2, 0) is 13.5 Å². The molecule has 0 spiro atoms. The van der Waals surface area contributed by atoms with Gasteiger partial charge in [-0.05, 0) is 154 Å². The Kier molecular flexibility index (Phi) is 22.5. The molecule has 5 atom stereocenters. The molecule has 5 aliphatic carbocycles. The first-order valence-electron chi connectivity index (χ1n) is 28.3. The third-order valence-corrected chi connectivity index (χ3v) is 23.7. The van der Waals surface area contributed by atoms with Crippen LogP contribution in [0.3, 0.4) is 0 Å². The number of hydrogen-bond donors (Lipinski definition) is 0. The number of nitrogens with zero attached hydrogens (tertiary/aromatic N) is 2. The van der Waals surface area contributed by atoms with Crippen molar-refractivity contribution in [3.63, 3.8) is 0 Å². The van der Waals surface area contributed by atoms with Crippen molar-refractivity contribution in [2.24, 2.45) is 35.5 Å². The van der Waals surface area contributed by atoms with Crippen LogP contribution in [0.15, 0.2) is 126 Å². The summed E-state index contributed by atoms with van der Waals surface area (Å²) in [4.78, 5) is 5.50. The molecule has 386 valence electrons. The van der Waals surface area contributed by atoms with Gasteiger partial charge in [0.1, 0.15) is 0 Å². The number of hydrogen-bond acceptors (Lipinski definition) is 2. The summed E-state index contributed by atoms with van der Waals surface area (Å²) < 4.78 is 1.92. The van der Waals surface area contributed by atoms with E-state index in [9.17, 15) is 0 Å². The topological polar surface area (TPSA) is 6.48 Å². The molecule has 70 heavy (non-hydrogen) atoms. The van der Waals surface area contributed by atoms with E-state index < -0.39 is 13.5 Å². The average Bonchev–Trinajstić information content (AvgIpc) is 3.79. The van der Waals surface area contributed by atoms with E-state index in [-0.39, 0.29) is 20.0 Å². The van der Waals surface area contributed by atoms with E-state index in [1.807, 2.05) is 34.9 Å². The standard InChI is InChI=1S/C39H53N2.C18H33P.C7H6.2ClH.Ru/c1-26(2)32-19-21-34(28(5)6)36(23-32)40-25-41(37-24-33(27(3)4)20-22-35(37)29(7)8)39(31-17-13-10-14-18-31)38(40)30-15-11-9-12-16-30;1-4-10-16(11-5-1)19(17-12-6-2-7-13-17)18-14-8-3-9-15-18;1-7-5-3-2-4-6-7;;;/h9-19,22-23,25-29,33-34,37-39H,20-21,24H2,1-8H3;16-18H,1-15H2;1-6H;2*1H;/q-1;;;;;+2/p-1/t33?,34?,37-,38-,39-;;;;;/m1...../s1. The van der Waals surface area contributed by atoms with E-state index in [0.29, 0.717) is 41.5 Å². The minimum atomic E-state index is -1.61.